The molecule has 0 amide bonds. The Labute approximate surface area is 150 Å². The summed E-state index contributed by atoms with van der Waals surface area (Å²) >= 11 is 10.9. The molecule has 0 radical (unpaired) electrons. The molecule has 1 unspecified atom stereocenters. The number of rotatable bonds is 5. The summed E-state index contributed by atoms with van der Waals surface area (Å²) < 4.78 is 5.05. The minimum Gasteiger partial charge on any atom is -0.251 e. The molecule has 0 aromatic carbocycles. The molecular weight excluding hydrogens is 430 g/mol. The molecule has 0 aliphatic rings. The van der Waals surface area contributed by atoms with Crippen molar-refractivity contribution in [1.29, 1.82) is 0 Å². The van der Waals surface area contributed by atoms with Crippen LogP contribution in [0.4, 0.5) is 0 Å². The van der Waals surface area contributed by atoms with Crippen molar-refractivity contribution in [2.45, 2.75) is 45.4 Å². The van der Waals surface area contributed by atoms with Gasteiger partial charge in [-0.25, -0.2) is 0 Å². The SMILES string of the molecule is CCCCC(CC)c1nc2cc(Br)sc2c2sc(Br)cc12. The van der Waals surface area contributed by atoms with Crippen LogP contribution in [0, 0.1) is 0 Å². The van der Waals surface area contributed by atoms with Crippen LogP contribution in [0.15, 0.2) is 19.7 Å². The Bertz CT molecular complexity index is 775. The quantitative estimate of drug-likeness (QED) is 0.390. The van der Waals surface area contributed by atoms with Gasteiger partial charge in [-0.1, -0.05) is 26.7 Å². The van der Waals surface area contributed by atoms with Crippen LogP contribution >= 0.6 is 54.5 Å². The van der Waals surface area contributed by atoms with Crippen molar-refractivity contribution >= 4 is 74.8 Å². The lowest BCUT2D eigenvalue weighted by Gasteiger charge is -2.15. The van der Waals surface area contributed by atoms with E-state index in [-0.39, 0.29) is 0 Å². The van der Waals surface area contributed by atoms with Crippen LogP contribution < -0.4 is 0 Å². The van der Waals surface area contributed by atoms with E-state index < -0.39 is 0 Å². The van der Waals surface area contributed by atoms with Gasteiger partial charge in [-0.05, 0) is 56.8 Å². The van der Waals surface area contributed by atoms with E-state index in [4.69, 9.17) is 4.98 Å². The standard InChI is InChI=1S/C16H17Br2NS2/c1-3-5-6-9(4-2)14-10-7-12(17)20-15(10)16-11(19-14)8-13(18)21-16/h7-9H,3-6H2,1-2H3. The van der Waals surface area contributed by atoms with Crippen LogP contribution in [-0.2, 0) is 0 Å². The second-order valence-electron chi connectivity index (χ2n) is 5.30. The van der Waals surface area contributed by atoms with Crippen LogP contribution in [0.3, 0.4) is 0 Å². The number of thiophene rings is 2. The van der Waals surface area contributed by atoms with Crippen LogP contribution in [-0.4, -0.2) is 4.98 Å². The zero-order valence-electron chi connectivity index (χ0n) is 12.1. The lowest BCUT2D eigenvalue weighted by Crippen LogP contribution is -2.01. The largest absolute Gasteiger partial charge is 0.251 e. The molecule has 5 heteroatoms. The molecule has 0 bridgehead atoms. The molecule has 3 aromatic heterocycles. The van der Waals surface area contributed by atoms with Crippen LogP contribution in [0.2, 0.25) is 0 Å². The van der Waals surface area contributed by atoms with E-state index >= 15 is 0 Å². The Kier molecular flexibility index (Phi) is 5.04. The summed E-state index contributed by atoms with van der Waals surface area (Å²) in [6.07, 6.45) is 4.92. The van der Waals surface area contributed by atoms with Gasteiger partial charge >= 0.3 is 0 Å². The summed E-state index contributed by atoms with van der Waals surface area (Å²) in [4.78, 5) is 5.03. The maximum atomic E-state index is 5.03. The lowest BCUT2D eigenvalue weighted by molar-refractivity contribution is 0.563. The summed E-state index contributed by atoms with van der Waals surface area (Å²) in [5.41, 5.74) is 2.43. The van der Waals surface area contributed by atoms with Gasteiger partial charge in [0.1, 0.15) is 0 Å². The minimum atomic E-state index is 0.567. The number of pyridine rings is 1. The molecule has 1 nitrogen and oxygen atoms in total. The monoisotopic (exact) mass is 445 g/mol. The van der Waals surface area contributed by atoms with Crippen molar-refractivity contribution < 1.29 is 0 Å². The lowest BCUT2D eigenvalue weighted by atomic mass is 9.93. The number of aromatic nitrogens is 1. The molecule has 112 valence electrons. The molecule has 3 aromatic rings. The summed E-state index contributed by atoms with van der Waals surface area (Å²) in [6, 6.07) is 4.41. The molecular formula is C16H17Br2NS2. The Morgan fingerprint density at radius 1 is 1.10 bits per heavy atom. The van der Waals surface area contributed by atoms with Gasteiger partial charge in [0, 0.05) is 11.3 Å². The number of fused-ring (bicyclic) bond motifs is 3. The third kappa shape index (κ3) is 3.07. The fraction of sp³-hybridized carbons (Fsp3) is 0.438. The van der Waals surface area contributed by atoms with Gasteiger partial charge in [0.05, 0.1) is 28.2 Å². The third-order valence-electron chi connectivity index (χ3n) is 3.89. The molecule has 0 spiro atoms. The average molecular weight is 447 g/mol. The number of nitrogens with zero attached hydrogens (tertiary/aromatic N) is 1. The van der Waals surface area contributed by atoms with E-state index in [0.29, 0.717) is 5.92 Å². The third-order valence-corrected chi connectivity index (χ3v) is 7.32. The van der Waals surface area contributed by atoms with E-state index in [1.807, 2.05) is 11.3 Å². The molecule has 0 N–H and O–H groups in total. The second-order valence-corrected chi connectivity index (χ2v) is 10.2. The highest BCUT2D eigenvalue weighted by atomic mass is 79.9. The average Bonchev–Trinajstić information content (AvgIpc) is 3.01. The van der Waals surface area contributed by atoms with Crippen molar-refractivity contribution in [2.75, 3.05) is 0 Å². The second kappa shape index (κ2) is 6.65. The molecule has 3 heterocycles. The Morgan fingerprint density at radius 3 is 2.52 bits per heavy atom. The highest BCUT2D eigenvalue weighted by molar-refractivity contribution is 9.11. The summed E-state index contributed by atoms with van der Waals surface area (Å²) in [6.45, 7) is 4.54. The molecule has 1 atom stereocenters. The first kappa shape index (κ1) is 15.9. The van der Waals surface area contributed by atoms with Gasteiger partial charge < -0.3 is 0 Å². The molecule has 0 saturated carbocycles. The highest BCUT2D eigenvalue weighted by Crippen LogP contribution is 2.43. The van der Waals surface area contributed by atoms with Crippen molar-refractivity contribution in [1.82, 2.24) is 4.98 Å². The number of halogens is 2. The van der Waals surface area contributed by atoms with E-state index in [1.165, 1.54) is 43.5 Å². The van der Waals surface area contributed by atoms with Crippen molar-refractivity contribution in [2.24, 2.45) is 0 Å². The van der Waals surface area contributed by atoms with Crippen molar-refractivity contribution in [3.05, 3.63) is 25.4 Å². The summed E-state index contributed by atoms with van der Waals surface area (Å²) in [5, 5.41) is 1.34. The van der Waals surface area contributed by atoms with Gasteiger partial charge in [-0.2, -0.15) is 0 Å². The van der Waals surface area contributed by atoms with Gasteiger partial charge in [0.2, 0.25) is 0 Å². The molecule has 0 saturated heterocycles. The minimum absolute atomic E-state index is 0.567. The molecule has 0 aliphatic heterocycles. The van der Waals surface area contributed by atoms with Crippen LogP contribution in [0.25, 0.3) is 20.3 Å². The van der Waals surface area contributed by atoms with Gasteiger partial charge in [-0.3, -0.25) is 4.98 Å². The first-order valence-corrected chi connectivity index (χ1v) is 10.5. The molecule has 0 aliphatic carbocycles. The Hall–Kier alpha value is 0.0300. The Morgan fingerprint density at radius 2 is 1.81 bits per heavy atom. The maximum Gasteiger partial charge on any atom is 0.0839 e. The van der Waals surface area contributed by atoms with E-state index in [1.54, 1.807) is 11.3 Å². The zero-order chi connectivity index (χ0) is 15.0. The maximum absolute atomic E-state index is 5.03. The van der Waals surface area contributed by atoms with E-state index in [2.05, 4.69) is 57.8 Å². The van der Waals surface area contributed by atoms with Gasteiger partial charge in [-0.15, -0.1) is 22.7 Å². The van der Waals surface area contributed by atoms with Crippen molar-refractivity contribution in [3.8, 4) is 0 Å². The zero-order valence-corrected chi connectivity index (χ0v) is 16.9. The van der Waals surface area contributed by atoms with E-state index in [9.17, 15) is 0 Å². The number of hydrogen-bond donors (Lipinski definition) is 0. The molecule has 3 rings (SSSR count). The molecule has 21 heavy (non-hydrogen) atoms. The van der Waals surface area contributed by atoms with Crippen LogP contribution in [0.5, 0.6) is 0 Å². The smallest absolute Gasteiger partial charge is 0.0839 e. The summed E-state index contributed by atoms with van der Waals surface area (Å²) in [5.74, 6) is 0.567. The molecule has 0 fully saturated rings. The van der Waals surface area contributed by atoms with Crippen LogP contribution in [0.1, 0.15) is 51.1 Å². The fourth-order valence-electron chi connectivity index (χ4n) is 2.80. The predicted molar refractivity (Wildman–Crippen MR) is 103 cm³/mol. The fourth-order valence-corrected chi connectivity index (χ4v) is 6.09. The predicted octanol–water partition coefficient (Wildman–Crippen LogP) is 7.72. The first-order chi connectivity index (χ1) is 10.1. The number of hydrogen-bond acceptors (Lipinski definition) is 3. The van der Waals surface area contributed by atoms with Crippen molar-refractivity contribution in [3.63, 3.8) is 0 Å². The highest BCUT2D eigenvalue weighted by Gasteiger charge is 2.19. The Balaban J connectivity index is 2.23. The van der Waals surface area contributed by atoms with E-state index in [0.717, 1.165) is 15.7 Å². The number of unbranched alkanes of at least 4 members (excludes halogenated alkanes) is 1. The first-order valence-electron chi connectivity index (χ1n) is 7.32. The summed E-state index contributed by atoms with van der Waals surface area (Å²) in [7, 11) is 0. The topological polar surface area (TPSA) is 12.9 Å². The normalized spacial score (nSPS) is 13.3. The van der Waals surface area contributed by atoms with Gasteiger partial charge in [0.25, 0.3) is 0 Å². The van der Waals surface area contributed by atoms with Gasteiger partial charge in [0.15, 0.2) is 0 Å².